The zero-order valence-electron chi connectivity index (χ0n) is 14.5. The summed E-state index contributed by atoms with van der Waals surface area (Å²) in [7, 11) is 1.24. The van der Waals surface area contributed by atoms with E-state index in [9.17, 15) is 18.0 Å². The summed E-state index contributed by atoms with van der Waals surface area (Å²) < 4.78 is 46.0. The van der Waals surface area contributed by atoms with Gasteiger partial charge in [0.15, 0.2) is 5.96 Å². The third-order valence-corrected chi connectivity index (χ3v) is 3.89. The smallest absolute Gasteiger partial charge is 0.417 e. The van der Waals surface area contributed by atoms with Gasteiger partial charge in [0.2, 0.25) is 5.88 Å². The van der Waals surface area contributed by atoms with Crippen molar-refractivity contribution < 1.29 is 22.7 Å². The molecule has 1 aromatic carbocycles. The Morgan fingerprint density at radius 3 is 2.61 bits per heavy atom. The van der Waals surface area contributed by atoms with Gasteiger partial charge in [0, 0.05) is 36.5 Å². The molecule has 146 valence electrons. The number of nitrogens with one attached hydrogen (secondary N) is 2. The molecule has 11 heteroatoms. The number of benzene rings is 1. The van der Waals surface area contributed by atoms with Crippen molar-refractivity contribution in [2.45, 2.75) is 6.18 Å². The first-order valence-corrected chi connectivity index (χ1v) is 7.81. The maximum atomic E-state index is 13.5. The number of amides is 1. The minimum atomic E-state index is -4.70. The molecule has 2 aromatic heterocycles. The fourth-order valence-corrected chi connectivity index (χ4v) is 2.51. The highest BCUT2D eigenvalue weighted by Crippen LogP contribution is 2.39. The molecule has 0 spiro atoms. The van der Waals surface area contributed by atoms with Gasteiger partial charge in [0.1, 0.15) is 11.4 Å². The Balaban J connectivity index is 2.10. The summed E-state index contributed by atoms with van der Waals surface area (Å²) in [6, 6.07) is 6.04. The fourth-order valence-electron chi connectivity index (χ4n) is 2.51. The third kappa shape index (κ3) is 3.68. The van der Waals surface area contributed by atoms with Crippen molar-refractivity contribution in [2.24, 2.45) is 5.73 Å². The maximum absolute atomic E-state index is 13.5. The number of carbonyl (C=O) groups is 1. The number of pyridine rings is 1. The highest BCUT2D eigenvalue weighted by molar-refractivity contribution is 6.06. The summed E-state index contributed by atoms with van der Waals surface area (Å²) >= 11 is 0. The van der Waals surface area contributed by atoms with Crippen LogP contribution in [0.5, 0.6) is 11.6 Å². The minimum Gasteiger partial charge on any atom is -0.439 e. The van der Waals surface area contributed by atoms with E-state index in [0.717, 1.165) is 17.0 Å². The largest absolute Gasteiger partial charge is 0.439 e. The summed E-state index contributed by atoms with van der Waals surface area (Å²) in [6.45, 7) is 0. The highest BCUT2D eigenvalue weighted by atomic mass is 19.4. The van der Waals surface area contributed by atoms with Crippen LogP contribution in [-0.2, 0) is 6.18 Å². The number of anilines is 1. The predicted octanol–water partition coefficient (Wildman–Crippen LogP) is 2.92. The van der Waals surface area contributed by atoms with E-state index < -0.39 is 23.6 Å². The molecule has 0 aliphatic rings. The number of halogens is 3. The summed E-state index contributed by atoms with van der Waals surface area (Å²) in [5.74, 6) is -1.42. The van der Waals surface area contributed by atoms with Crippen molar-refractivity contribution in [1.29, 1.82) is 5.41 Å². The molecular weight excluding hydrogens is 377 g/mol. The second-order valence-electron chi connectivity index (χ2n) is 5.89. The third-order valence-electron chi connectivity index (χ3n) is 3.89. The van der Waals surface area contributed by atoms with Crippen molar-refractivity contribution in [3.05, 3.63) is 47.8 Å². The highest BCUT2D eigenvalue weighted by Gasteiger charge is 2.34. The molecule has 0 aliphatic carbocycles. The van der Waals surface area contributed by atoms with Crippen LogP contribution in [-0.4, -0.2) is 33.8 Å². The van der Waals surface area contributed by atoms with Crippen molar-refractivity contribution in [3.63, 3.8) is 0 Å². The Morgan fingerprint density at radius 1 is 1.29 bits per heavy atom. The van der Waals surface area contributed by atoms with Crippen molar-refractivity contribution in [3.8, 4) is 11.6 Å². The van der Waals surface area contributed by atoms with Crippen molar-refractivity contribution in [2.75, 3.05) is 12.8 Å². The first-order chi connectivity index (χ1) is 13.1. The first kappa shape index (κ1) is 19.0. The van der Waals surface area contributed by atoms with Gasteiger partial charge in [-0.05, 0) is 18.2 Å². The van der Waals surface area contributed by atoms with Gasteiger partial charge in [0.25, 0.3) is 5.91 Å². The molecular formula is C17H15F3N6O2. The number of nitrogen functional groups attached to an aromatic ring is 1. The Morgan fingerprint density at radius 2 is 2.00 bits per heavy atom. The summed E-state index contributed by atoms with van der Waals surface area (Å²) in [5.41, 5.74) is 10.1. The molecule has 3 rings (SSSR count). The Hall–Kier alpha value is -3.76. The second kappa shape index (κ2) is 6.76. The maximum Gasteiger partial charge on any atom is 0.417 e. The molecule has 0 bridgehead atoms. The summed E-state index contributed by atoms with van der Waals surface area (Å²) in [5, 5.41) is 7.06. The van der Waals surface area contributed by atoms with Gasteiger partial charge in [-0.15, -0.1) is 0 Å². The minimum absolute atomic E-state index is 0.0200. The summed E-state index contributed by atoms with van der Waals surface area (Å²) in [6.07, 6.45) is -3.34. The molecule has 0 saturated carbocycles. The molecule has 2 heterocycles. The SMILES string of the molecule is CN(C(=N)N)C(=O)c1cc2c(C(F)(F)F)cc(Oc3cc(N)ccn3)cc2[nH]1. The molecule has 0 atom stereocenters. The van der Waals surface area contributed by atoms with E-state index in [1.807, 2.05) is 0 Å². The van der Waals surface area contributed by atoms with Crippen LogP contribution in [0.15, 0.2) is 36.5 Å². The number of carbonyl (C=O) groups excluding carboxylic acids is 1. The molecule has 8 nitrogen and oxygen atoms in total. The Bertz CT molecular complexity index is 1080. The molecule has 6 N–H and O–H groups in total. The van der Waals surface area contributed by atoms with Gasteiger partial charge >= 0.3 is 6.18 Å². The number of rotatable bonds is 3. The molecule has 3 aromatic rings. The van der Waals surface area contributed by atoms with Crippen LogP contribution in [0.4, 0.5) is 18.9 Å². The van der Waals surface area contributed by atoms with Crippen LogP contribution in [0.1, 0.15) is 16.1 Å². The van der Waals surface area contributed by atoms with E-state index in [-0.39, 0.29) is 28.2 Å². The number of aromatic amines is 1. The molecule has 0 unspecified atom stereocenters. The lowest BCUT2D eigenvalue weighted by Crippen LogP contribution is -2.38. The van der Waals surface area contributed by atoms with Crippen molar-refractivity contribution in [1.82, 2.24) is 14.9 Å². The lowest BCUT2D eigenvalue weighted by Gasteiger charge is -2.12. The van der Waals surface area contributed by atoms with Crippen LogP contribution < -0.4 is 16.2 Å². The number of nitrogens with two attached hydrogens (primary N) is 2. The van der Waals surface area contributed by atoms with Gasteiger partial charge in [-0.25, -0.2) is 4.98 Å². The second-order valence-corrected chi connectivity index (χ2v) is 5.89. The van der Waals surface area contributed by atoms with Crippen molar-refractivity contribution >= 4 is 28.5 Å². The van der Waals surface area contributed by atoms with Gasteiger partial charge in [-0.3, -0.25) is 15.1 Å². The van der Waals surface area contributed by atoms with Gasteiger partial charge in [0.05, 0.1) is 11.1 Å². The molecule has 0 radical (unpaired) electrons. The lowest BCUT2D eigenvalue weighted by molar-refractivity contribution is -0.136. The topological polar surface area (TPSA) is 134 Å². The number of alkyl halides is 3. The molecule has 28 heavy (non-hydrogen) atoms. The predicted molar refractivity (Wildman–Crippen MR) is 96.0 cm³/mol. The lowest BCUT2D eigenvalue weighted by atomic mass is 10.1. The average Bonchev–Trinajstić information content (AvgIpc) is 3.02. The number of ether oxygens (including phenoxy) is 1. The van der Waals surface area contributed by atoms with E-state index in [2.05, 4.69) is 9.97 Å². The molecule has 0 fully saturated rings. The zero-order valence-corrected chi connectivity index (χ0v) is 14.5. The number of aromatic nitrogens is 2. The van der Waals surface area contributed by atoms with E-state index in [4.69, 9.17) is 21.6 Å². The normalized spacial score (nSPS) is 11.4. The van der Waals surface area contributed by atoms with Gasteiger partial charge in [-0.2, -0.15) is 13.2 Å². The first-order valence-electron chi connectivity index (χ1n) is 7.81. The van der Waals surface area contributed by atoms with Crippen LogP contribution in [0.25, 0.3) is 10.9 Å². The fraction of sp³-hybridized carbons (Fsp3) is 0.118. The molecule has 1 amide bonds. The van der Waals surface area contributed by atoms with E-state index >= 15 is 0 Å². The van der Waals surface area contributed by atoms with Gasteiger partial charge in [-0.1, -0.05) is 0 Å². The van der Waals surface area contributed by atoms with Crippen LogP contribution in [0, 0.1) is 5.41 Å². The summed E-state index contributed by atoms with van der Waals surface area (Å²) in [4.78, 5) is 19.6. The van der Waals surface area contributed by atoms with E-state index in [1.54, 1.807) is 0 Å². The number of nitrogens with zero attached hydrogens (tertiary/aromatic N) is 2. The zero-order chi connectivity index (χ0) is 20.6. The van der Waals surface area contributed by atoms with E-state index in [0.29, 0.717) is 5.69 Å². The number of hydrogen-bond donors (Lipinski definition) is 4. The Kier molecular flexibility index (Phi) is 4.59. The molecule has 0 saturated heterocycles. The monoisotopic (exact) mass is 392 g/mol. The number of guanidine groups is 1. The number of H-pyrrole nitrogens is 1. The Labute approximate surface area is 156 Å². The quantitative estimate of drug-likeness (QED) is 0.402. The number of hydrogen-bond acceptors (Lipinski definition) is 5. The van der Waals surface area contributed by atoms with Gasteiger partial charge < -0.3 is 21.2 Å². The van der Waals surface area contributed by atoms with E-state index in [1.165, 1.54) is 31.4 Å². The van der Waals surface area contributed by atoms with Crippen LogP contribution >= 0.6 is 0 Å². The number of fused-ring (bicyclic) bond motifs is 1. The van der Waals surface area contributed by atoms with Crippen LogP contribution in [0.2, 0.25) is 0 Å². The molecule has 0 aliphatic heterocycles. The standard InChI is InChI=1S/C17H15F3N6O2/c1-26(16(22)23)15(27)13-7-10-11(17(18,19)20)5-9(6-12(10)25-13)28-14-4-8(21)2-3-24-14/h2-7,25H,1H3,(H2,21,24)(H3,22,23). The van der Waals surface area contributed by atoms with Crippen LogP contribution in [0.3, 0.4) is 0 Å². The average molecular weight is 392 g/mol.